The average molecular weight is 633 g/mol. The molecule has 0 radical (unpaired) electrons. The molecule has 0 aliphatic heterocycles. The van der Waals surface area contributed by atoms with Crippen molar-refractivity contribution < 1.29 is 28.2 Å². The van der Waals surface area contributed by atoms with Crippen LogP contribution in [-0.4, -0.2) is 37.0 Å². The Hall–Kier alpha value is -0.650. The fraction of sp³-hybridized carbons (Fsp3) is 0.941. The van der Waals surface area contributed by atoms with E-state index < -0.39 is 14.8 Å². The summed E-state index contributed by atoms with van der Waals surface area (Å²) >= 11 is 4.26. The van der Waals surface area contributed by atoms with Crippen molar-refractivity contribution in [3.8, 4) is 0 Å². The molecule has 0 fully saturated rings. The predicted molar refractivity (Wildman–Crippen MR) is 179 cm³/mol. The maximum Gasteiger partial charge on any atom is 0.327 e. The van der Waals surface area contributed by atoms with E-state index in [1.54, 1.807) is 0 Å². The van der Waals surface area contributed by atoms with E-state index in [1.165, 1.54) is 122 Å². The standard InChI is InChI=1S/C34H65O6PS/c1-2-3-4-5-6-7-8-12-16-19-22-25-28-34(36)40-32(31-39-41-37)30-38-33(35)27-24-21-18-15-13-10-9-11-14-17-20-23-26-29-42/h32,42H,2-31H2,1H3/t32-/m1/s1. The SMILES string of the molecule is CCCCCCCCCCCCCCC(=O)O[C@@H](COP=O)COC(=O)CCCCCCCCCCCCCCCS. The van der Waals surface area contributed by atoms with Crippen molar-refractivity contribution in [3.05, 3.63) is 0 Å². The Morgan fingerprint density at radius 1 is 0.548 bits per heavy atom. The van der Waals surface area contributed by atoms with Crippen LogP contribution < -0.4 is 0 Å². The molecule has 0 amide bonds. The highest BCUT2D eigenvalue weighted by Crippen LogP contribution is 2.15. The molecule has 0 saturated heterocycles. The molecule has 0 aliphatic carbocycles. The first-order chi connectivity index (χ1) is 20.6. The van der Waals surface area contributed by atoms with E-state index in [1.807, 2.05) is 0 Å². The van der Waals surface area contributed by atoms with Crippen molar-refractivity contribution >= 4 is 33.3 Å². The van der Waals surface area contributed by atoms with Gasteiger partial charge in [-0.1, -0.05) is 148 Å². The summed E-state index contributed by atoms with van der Waals surface area (Å²) in [5, 5.41) is 0. The number of unbranched alkanes of at least 4 members (excludes halogenated alkanes) is 23. The van der Waals surface area contributed by atoms with Crippen LogP contribution in [-0.2, 0) is 28.2 Å². The second-order valence-electron chi connectivity index (χ2n) is 11.9. The molecule has 0 spiro atoms. The van der Waals surface area contributed by atoms with Crippen LogP contribution in [0.15, 0.2) is 0 Å². The number of carbonyl (C=O) groups excluding carboxylic acids is 2. The first kappa shape index (κ1) is 41.4. The lowest BCUT2D eigenvalue weighted by Crippen LogP contribution is -2.28. The molecule has 42 heavy (non-hydrogen) atoms. The van der Waals surface area contributed by atoms with E-state index in [9.17, 15) is 14.2 Å². The third-order valence-electron chi connectivity index (χ3n) is 7.81. The largest absolute Gasteiger partial charge is 0.462 e. The van der Waals surface area contributed by atoms with Crippen LogP contribution in [0, 0.1) is 0 Å². The molecule has 0 aromatic rings. The Bertz CT molecular complexity index is 607. The van der Waals surface area contributed by atoms with Gasteiger partial charge in [0.25, 0.3) is 0 Å². The van der Waals surface area contributed by atoms with Crippen molar-refractivity contribution in [2.24, 2.45) is 0 Å². The lowest BCUT2D eigenvalue weighted by Gasteiger charge is -2.16. The van der Waals surface area contributed by atoms with Crippen LogP contribution in [0.4, 0.5) is 0 Å². The Morgan fingerprint density at radius 3 is 1.33 bits per heavy atom. The fourth-order valence-electron chi connectivity index (χ4n) is 5.17. The van der Waals surface area contributed by atoms with Gasteiger partial charge >= 0.3 is 20.6 Å². The summed E-state index contributed by atoms with van der Waals surface area (Å²) in [6.07, 6.45) is 30.9. The first-order valence-corrected chi connectivity index (χ1v) is 18.9. The van der Waals surface area contributed by atoms with Crippen LogP contribution in [0.2, 0.25) is 0 Å². The summed E-state index contributed by atoms with van der Waals surface area (Å²) in [6.45, 7) is 2.13. The molecule has 0 aromatic heterocycles. The van der Waals surface area contributed by atoms with E-state index in [2.05, 4.69) is 19.6 Å². The predicted octanol–water partition coefficient (Wildman–Crippen LogP) is 11.1. The third-order valence-corrected chi connectivity index (χ3v) is 8.39. The van der Waals surface area contributed by atoms with Crippen LogP contribution in [0.5, 0.6) is 0 Å². The molecule has 1 atom stereocenters. The summed E-state index contributed by atoms with van der Waals surface area (Å²) in [5.41, 5.74) is 0. The highest BCUT2D eigenvalue weighted by Gasteiger charge is 2.17. The van der Waals surface area contributed by atoms with Gasteiger partial charge in [-0.05, 0) is 25.0 Å². The summed E-state index contributed by atoms with van der Waals surface area (Å²) in [6, 6.07) is 0. The van der Waals surface area contributed by atoms with Gasteiger partial charge in [0.2, 0.25) is 0 Å². The van der Waals surface area contributed by atoms with Crippen molar-refractivity contribution in [1.29, 1.82) is 0 Å². The summed E-state index contributed by atoms with van der Waals surface area (Å²) in [7, 11) is -0.482. The Kier molecular flexibility index (Phi) is 34.3. The fourth-order valence-corrected chi connectivity index (χ4v) is 5.62. The lowest BCUT2D eigenvalue weighted by molar-refractivity contribution is -0.160. The molecule has 8 heteroatoms. The average Bonchev–Trinajstić information content (AvgIpc) is 2.99. The molecule has 0 saturated carbocycles. The Labute approximate surface area is 266 Å². The van der Waals surface area contributed by atoms with Gasteiger partial charge in [0.05, 0.1) is 0 Å². The van der Waals surface area contributed by atoms with Gasteiger partial charge in [-0.25, -0.2) is 4.57 Å². The zero-order valence-corrected chi connectivity index (χ0v) is 28.9. The van der Waals surface area contributed by atoms with Crippen molar-refractivity contribution in [2.45, 2.75) is 186 Å². The molecule has 0 unspecified atom stereocenters. The molecule has 0 rings (SSSR count). The molecular weight excluding hydrogens is 567 g/mol. The summed E-state index contributed by atoms with van der Waals surface area (Å²) in [5.74, 6) is 0.404. The number of rotatable bonds is 34. The molecule has 0 bridgehead atoms. The minimum atomic E-state index is -0.728. The first-order valence-electron chi connectivity index (χ1n) is 17.5. The van der Waals surface area contributed by atoms with Crippen molar-refractivity contribution in [3.63, 3.8) is 0 Å². The van der Waals surface area contributed by atoms with Crippen molar-refractivity contribution in [2.75, 3.05) is 19.0 Å². The maximum absolute atomic E-state index is 12.3. The topological polar surface area (TPSA) is 78.9 Å². The van der Waals surface area contributed by atoms with E-state index >= 15 is 0 Å². The lowest BCUT2D eigenvalue weighted by atomic mass is 10.0. The van der Waals surface area contributed by atoms with Gasteiger partial charge in [-0.15, -0.1) is 0 Å². The van der Waals surface area contributed by atoms with Gasteiger partial charge in [-0.2, -0.15) is 12.6 Å². The van der Waals surface area contributed by atoms with Crippen LogP contribution >= 0.6 is 21.3 Å². The third kappa shape index (κ3) is 32.3. The second kappa shape index (κ2) is 34.8. The monoisotopic (exact) mass is 632 g/mol. The van der Waals surface area contributed by atoms with E-state index in [0.29, 0.717) is 12.8 Å². The molecular formula is C34H65O6PS. The highest BCUT2D eigenvalue weighted by atomic mass is 32.1. The van der Waals surface area contributed by atoms with Crippen molar-refractivity contribution in [1.82, 2.24) is 0 Å². The van der Waals surface area contributed by atoms with E-state index in [-0.39, 0.29) is 25.2 Å². The molecule has 0 heterocycles. The minimum absolute atomic E-state index is 0.0570. The van der Waals surface area contributed by atoms with Crippen LogP contribution in [0.3, 0.4) is 0 Å². The van der Waals surface area contributed by atoms with E-state index in [4.69, 9.17) is 14.0 Å². The molecule has 6 nitrogen and oxygen atoms in total. The molecule has 0 N–H and O–H groups in total. The number of hydrogen-bond acceptors (Lipinski definition) is 7. The molecule has 0 aliphatic rings. The Morgan fingerprint density at radius 2 is 0.929 bits per heavy atom. The number of ether oxygens (including phenoxy) is 2. The van der Waals surface area contributed by atoms with Gasteiger partial charge in [0.15, 0.2) is 6.10 Å². The Balaban J connectivity index is 3.73. The van der Waals surface area contributed by atoms with Gasteiger partial charge in [-0.3, -0.25) is 14.1 Å². The normalized spacial score (nSPS) is 12.0. The highest BCUT2D eigenvalue weighted by molar-refractivity contribution is 7.80. The van der Waals surface area contributed by atoms with E-state index in [0.717, 1.165) is 44.3 Å². The van der Waals surface area contributed by atoms with Crippen LogP contribution in [0.25, 0.3) is 0 Å². The minimum Gasteiger partial charge on any atom is -0.462 e. The molecule has 248 valence electrons. The smallest absolute Gasteiger partial charge is 0.327 e. The number of hydrogen-bond donors (Lipinski definition) is 1. The number of esters is 2. The zero-order valence-electron chi connectivity index (χ0n) is 27.1. The zero-order chi connectivity index (χ0) is 30.8. The van der Waals surface area contributed by atoms with Gasteiger partial charge in [0.1, 0.15) is 13.2 Å². The number of thiol groups is 1. The van der Waals surface area contributed by atoms with Gasteiger partial charge < -0.3 is 9.47 Å². The summed E-state index contributed by atoms with van der Waals surface area (Å²) in [4.78, 5) is 24.4. The number of carbonyl (C=O) groups is 2. The van der Waals surface area contributed by atoms with Crippen LogP contribution in [0.1, 0.15) is 180 Å². The maximum atomic E-state index is 12.3. The quantitative estimate of drug-likeness (QED) is 0.0329. The second-order valence-corrected chi connectivity index (χ2v) is 12.7. The molecule has 0 aromatic carbocycles. The summed E-state index contributed by atoms with van der Waals surface area (Å²) < 4.78 is 26.4. The van der Waals surface area contributed by atoms with Gasteiger partial charge in [0, 0.05) is 12.8 Å².